The fourth-order valence-corrected chi connectivity index (χ4v) is 4.51. The predicted molar refractivity (Wildman–Crippen MR) is 106 cm³/mol. The van der Waals surface area contributed by atoms with E-state index in [1.807, 2.05) is 0 Å². The Morgan fingerprint density at radius 2 is 1.56 bits per heavy atom. The van der Waals surface area contributed by atoms with Crippen molar-refractivity contribution in [1.29, 1.82) is 0 Å². The van der Waals surface area contributed by atoms with Gasteiger partial charge in [0.25, 0.3) is 5.91 Å². The molecule has 1 fully saturated rings. The number of sulfonamides is 1. The van der Waals surface area contributed by atoms with Gasteiger partial charge in [0.2, 0.25) is 10.0 Å². The smallest absolute Gasteiger partial charge is 0.452 e. The minimum atomic E-state index is -4.82. The van der Waals surface area contributed by atoms with Gasteiger partial charge in [-0.25, -0.2) is 13.2 Å². The number of anilines is 1. The van der Waals surface area contributed by atoms with Crippen molar-refractivity contribution in [3.05, 3.63) is 54.1 Å². The summed E-state index contributed by atoms with van der Waals surface area (Å²) in [5.74, 6) is -1.99. The van der Waals surface area contributed by atoms with E-state index in [0.717, 1.165) is 25.0 Å². The minimum Gasteiger partial charge on any atom is -0.452 e. The number of rotatable bonds is 7. The lowest BCUT2D eigenvalue weighted by molar-refractivity contribution is -0.274. The molecule has 1 aliphatic rings. The van der Waals surface area contributed by atoms with Crippen LogP contribution in [0.1, 0.15) is 23.2 Å². The van der Waals surface area contributed by atoms with E-state index in [4.69, 9.17) is 4.74 Å². The fraction of sp³-hybridized carbons (Fsp3) is 0.300. The third kappa shape index (κ3) is 6.20. The van der Waals surface area contributed by atoms with E-state index < -0.39 is 40.6 Å². The van der Waals surface area contributed by atoms with Crippen LogP contribution in [0, 0.1) is 0 Å². The number of benzene rings is 2. The van der Waals surface area contributed by atoms with Crippen molar-refractivity contribution in [3.8, 4) is 5.75 Å². The van der Waals surface area contributed by atoms with Gasteiger partial charge in [0, 0.05) is 18.8 Å². The van der Waals surface area contributed by atoms with Crippen molar-refractivity contribution in [2.24, 2.45) is 0 Å². The number of nitrogens with one attached hydrogen (secondary N) is 1. The topological polar surface area (TPSA) is 102 Å². The van der Waals surface area contributed by atoms with Crippen molar-refractivity contribution in [2.45, 2.75) is 24.1 Å². The molecule has 0 spiro atoms. The molecule has 0 atom stereocenters. The van der Waals surface area contributed by atoms with Crippen LogP contribution in [0.3, 0.4) is 0 Å². The summed E-state index contributed by atoms with van der Waals surface area (Å²) in [7, 11) is -3.61. The average Bonchev–Trinajstić information content (AvgIpc) is 3.28. The Morgan fingerprint density at radius 3 is 2.12 bits per heavy atom. The number of esters is 1. The number of nitrogens with zero attached hydrogens (tertiary/aromatic N) is 1. The molecule has 32 heavy (non-hydrogen) atoms. The zero-order chi connectivity index (χ0) is 23.4. The number of ether oxygens (including phenoxy) is 2. The zero-order valence-corrected chi connectivity index (χ0v) is 17.4. The molecular formula is C20H19F3N2O6S. The quantitative estimate of drug-likeness (QED) is 0.622. The zero-order valence-electron chi connectivity index (χ0n) is 16.6. The van der Waals surface area contributed by atoms with Gasteiger partial charge in [-0.3, -0.25) is 4.79 Å². The Morgan fingerprint density at radius 1 is 0.969 bits per heavy atom. The molecule has 2 aromatic rings. The highest BCUT2D eigenvalue weighted by molar-refractivity contribution is 7.89. The van der Waals surface area contributed by atoms with E-state index in [0.29, 0.717) is 13.1 Å². The molecule has 3 rings (SSSR count). The molecule has 1 heterocycles. The highest BCUT2D eigenvalue weighted by atomic mass is 32.2. The Labute approximate surface area is 182 Å². The van der Waals surface area contributed by atoms with Crippen molar-refractivity contribution in [2.75, 3.05) is 25.0 Å². The van der Waals surface area contributed by atoms with Gasteiger partial charge in [-0.1, -0.05) is 0 Å². The molecule has 12 heteroatoms. The molecule has 0 aliphatic carbocycles. The number of halogens is 3. The molecule has 0 radical (unpaired) electrons. The normalized spacial score (nSPS) is 14.7. The summed E-state index contributed by atoms with van der Waals surface area (Å²) in [6.07, 6.45) is -3.22. The summed E-state index contributed by atoms with van der Waals surface area (Å²) in [6, 6.07) is 9.62. The molecule has 8 nitrogen and oxygen atoms in total. The molecule has 1 aliphatic heterocycles. The fourth-order valence-electron chi connectivity index (χ4n) is 2.99. The predicted octanol–water partition coefficient (Wildman–Crippen LogP) is 3.17. The third-order valence-electron chi connectivity index (χ3n) is 4.50. The largest absolute Gasteiger partial charge is 0.573 e. The first kappa shape index (κ1) is 23.5. The maximum atomic E-state index is 12.5. The molecule has 1 saturated heterocycles. The summed E-state index contributed by atoms with van der Waals surface area (Å²) in [6.45, 7) is 0.270. The van der Waals surface area contributed by atoms with Gasteiger partial charge in [-0.15, -0.1) is 13.2 Å². The third-order valence-corrected chi connectivity index (χ3v) is 6.41. The molecule has 1 N–H and O–H groups in total. The second kappa shape index (κ2) is 9.57. The summed E-state index contributed by atoms with van der Waals surface area (Å²) < 4.78 is 71.4. The van der Waals surface area contributed by atoms with Gasteiger partial charge in [-0.2, -0.15) is 4.31 Å². The summed E-state index contributed by atoms with van der Waals surface area (Å²) >= 11 is 0. The number of carbonyl (C=O) groups is 2. The van der Waals surface area contributed by atoms with Gasteiger partial charge < -0.3 is 14.8 Å². The summed E-state index contributed by atoms with van der Waals surface area (Å²) in [5, 5.41) is 2.36. The van der Waals surface area contributed by atoms with Crippen LogP contribution >= 0.6 is 0 Å². The van der Waals surface area contributed by atoms with Gasteiger partial charge in [0.1, 0.15) is 5.75 Å². The second-order valence-electron chi connectivity index (χ2n) is 6.83. The number of hydrogen-bond acceptors (Lipinski definition) is 6. The first-order valence-corrected chi connectivity index (χ1v) is 10.9. The highest BCUT2D eigenvalue weighted by Gasteiger charge is 2.31. The van der Waals surface area contributed by atoms with Crippen LogP contribution < -0.4 is 10.1 Å². The Bertz CT molecular complexity index is 1060. The van der Waals surface area contributed by atoms with Crippen molar-refractivity contribution >= 4 is 27.6 Å². The van der Waals surface area contributed by atoms with Crippen LogP contribution in [-0.4, -0.2) is 50.7 Å². The standard InChI is InChI=1S/C20H19F3N2O6S/c21-20(22,23)31-16-7-5-15(6-8-16)24-18(26)13-30-19(27)14-3-9-17(10-4-14)32(28,29)25-11-1-2-12-25/h3-10H,1-2,11-13H2,(H,24,26). The van der Waals surface area contributed by atoms with E-state index >= 15 is 0 Å². The number of carbonyl (C=O) groups excluding carboxylic acids is 2. The van der Waals surface area contributed by atoms with Crippen LogP contribution in [-0.2, 0) is 19.6 Å². The monoisotopic (exact) mass is 472 g/mol. The van der Waals surface area contributed by atoms with E-state index in [9.17, 15) is 31.2 Å². The van der Waals surface area contributed by atoms with E-state index in [1.54, 1.807) is 0 Å². The van der Waals surface area contributed by atoms with Crippen molar-refractivity contribution in [3.63, 3.8) is 0 Å². The van der Waals surface area contributed by atoms with Gasteiger partial charge in [0.05, 0.1) is 10.5 Å². The lowest BCUT2D eigenvalue weighted by Gasteiger charge is -2.15. The molecule has 0 aromatic heterocycles. The molecule has 172 valence electrons. The average molecular weight is 472 g/mol. The molecule has 0 bridgehead atoms. The second-order valence-corrected chi connectivity index (χ2v) is 8.77. The maximum Gasteiger partial charge on any atom is 0.573 e. The van der Waals surface area contributed by atoms with Crippen molar-refractivity contribution in [1.82, 2.24) is 4.31 Å². The van der Waals surface area contributed by atoms with Crippen molar-refractivity contribution < 1.29 is 40.7 Å². The Balaban J connectivity index is 1.51. The maximum absolute atomic E-state index is 12.5. The molecule has 1 amide bonds. The van der Waals surface area contributed by atoms with Gasteiger partial charge in [0.15, 0.2) is 6.61 Å². The van der Waals surface area contributed by atoms with Crippen LogP contribution in [0.25, 0.3) is 0 Å². The summed E-state index contributed by atoms with van der Waals surface area (Å²) in [4.78, 5) is 24.1. The van der Waals surface area contributed by atoms with Crippen LogP contribution in [0.5, 0.6) is 5.75 Å². The van der Waals surface area contributed by atoms with Crippen LogP contribution in [0.15, 0.2) is 53.4 Å². The van der Waals surface area contributed by atoms with Crippen LogP contribution in [0.2, 0.25) is 0 Å². The Hall–Kier alpha value is -3.12. The van der Waals surface area contributed by atoms with Crippen LogP contribution in [0.4, 0.5) is 18.9 Å². The Kier molecular flexibility index (Phi) is 7.04. The van der Waals surface area contributed by atoms with Gasteiger partial charge >= 0.3 is 12.3 Å². The van der Waals surface area contributed by atoms with E-state index in [-0.39, 0.29) is 16.1 Å². The highest BCUT2D eigenvalue weighted by Crippen LogP contribution is 2.24. The number of hydrogen-bond donors (Lipinski definition) is 1. The van der Waals surface area contributed by atoms with Gasteiger partial charge in [-0.05, 0) is 61.4 Å². The lowest BCUT2D eigenvalue weighted by Crippen LogP contribution is -2.27. The minimum absolute atomic E-state index is 0.0617. The molecule has 0 saturated carbocycles. The van der Waals surface area contributed by atoms with E-state index in [1.165, 1.54) is 40.7 Å². The first-order chi connectivity index (χ1) is 15.0. The number of alkyl halides is 3. The molecule has 0 unspecified atom stereocenters. The SMILES string of the molecule is O=C(COC(=O)c1ccc(S(=O)(=O)N2CCCC2)cc1)Nc1ccc(OC(F)(F)F)cc1. The number of amides is 1. The molecule has 2 aromatic carbocycles. The summed E-state index contributed by atoms with van der Waals surface area (Å²) in [5.41, 5.74) is 0.240. The first-order valence-electron chi connectivity index (χ1n) is 9.48. The lowest BCUT2D eigenvalue weighted by atomic mass is 10.2. The van der Waals surface area contributed by atoms with E-state index in [2.05, 4.69) is 10.1 Å². The molecular weight excluding hydrogens is 453 g/mol.